The van der Waals surface area contributed by atoms with E-state index in [4.69, 9.17) is 33.3 Å². The molecule has 2 amide bonds. The van der Waals surface area contributed by atoms with Crippen LogP contribution in [-0.4, -0.2) is 61.6 Å². The first-order valence-electron chi connectivity index (χ1n) is 9.99. The third kappa shape index (κ3) is 6.37. The average Bonchev–Trinajstić information content (AvgIpc) is 2.75. The first kappa shape index (κ1) is 23.9. The number of benzene rings is 2. The van der Waals surface area contributed by atoms with Crippen LogP contribution in [0.5, 0.6) is 5.75 Å². The Morgan fingerprint density at radius 3 is 2.50 bits per heavy atom. The van der Waals surface area contributed by atoms with Crippen molar-refractivity contribution in [3.63, 3.8) is 0 Å². The summed E-state index contributed by atoms with van der Waals surface area (Å²) in [6, 6.07) is 11.5. The molecule has 1 saturated heterocycles. The van der Waals surface area contributed by atoms with Crippen molar-refractivity contribution < 1.29 is 14.6 Å². The number of nitrogens with zero attached hydrogens (tertiary/aromatic N) is 1. The molecule has 3 rings (SSSR count). The van der Waals surface area contributed by atoms with Crippen molar-refractivity contribution in [2.75, 3.05) is 43.9 Å². The van der Waals surface area contributed by atoms with Crippen LogP contribution < -0.4 is 20.7 Å². The minimum Gasteiger partial charge on any atom is -0.492 e. The van der Waals surface area contributed by atoms with Gasteiger partial charge in [-0.05, 0) is 42.5 Å². The van der Waals surface area contributed by atoms with Crippen LogP contribution in [0.2, 0.25) is 5.02 Å². The highest BCUT2D eigenvalue weighted by Gasteiger charge is 2.23. The van der Waals surface area contributed by atoms with Crippen molar-refractivity contribution in [1.82, 2.24) is 10.2 Å². The summed E-state index contributed by atoms with van der Waals surface area (Å²) in [7, 11) is 1.69. The maximum atomic E-state index is 12.4. The number of aliphatic hydroxyl groups is 1. The van der Waals surface area contributed by atoms with Crippen LogP contribution in [0.4, 0.5) is 16.2 Å². The zero-order valence-corrected chi connectivity index (χ0v) is 19.0. The van der Waals surface area contributed by atoms with E-state index in [0.29, 0.717) is 59.6 Å². The van der Waals surface area contributed by atoms with E-state index in [1.807, 2.05) is 0 Å². The molecule has 0 unspecified atom stereocenters. The van der Waals surface area contributed by atoms with Crippen LogP contribution in [-0.2, 0) is 0 Å². The zero-order chi connectivity index (χ0) is 23.1. The molecule has 170 valence electrons. The Balaban J connectivity index is 1.75. The van der Waals surface area contributed by atoms with Crippen molar-refractivity contribution in [2.45, 2.75) is 6.10 Å². The Morgan fingerprint density at radius 1 is 1.22 bits per heavy atom. The number of anilines is 2. The van der Waals surface area contributed by atoms with Crippen molar-refractivity contribution in [3.8, 4) is 5.75 Å². The number of nitrogens with one attached hydrogen (secondary N) is 4. The molecular weight excluding hydrogens is 453 g/mol. The molecule has 0 bridgehead atoms. The van der Waals surface area contributed by atoms with Crippen molar-refractivity contribution in [2.24, 2.45) is 0 Å². The highest BCUT2D eigenvalue weighted by Crippen LogP contribution is 2.31. The van der Waals surface area contributed by atoms with Gasteiger partial charge in [-0.3, -0.25) is 4.90 Å². The molecule has 8 nitrogen and oxygen atoms in total. The molecule has 0 aliphatic carbocycles. The predicted octanol–water partition coefficient (Wildman–Crippen LogP) is 3.82. The van der Waals surface area contributed by atoms with Gasteiger partial charge in [0, 0.05) is 54.9 Å². The van der Waals surface area contributed by atoms with Crippen LogP contribution in [0.15, 0.2) is 47.5 Å². The fourth-order valence-corrected chi connectivity index (χ4v) is 3.54. The van der Waals surface area contributed by atoms with Gasteiger partial charge in [-0.15, -0.1) is 0 Å². The van der Waals surface area contributed by atoms with Crippen LogP contribution in [0.3, 0.4) is 0 Å². The lowest BCUT2D eigenvalue weighted by Gasteiger charge is -2.35. The van der Waals surface area contributed by atoms with E-state index in [0.717, 1.165) is 6.21 Å². The molecule has 0 saturated carbocycles. The number of carbonyl (C=O) groups excluding carboxylic acids is 1. The maximum absolute atomic E-state index is 12.4. The van der Waals surface area contributed by atoms with E-state index in [-0.39, 0.29) is 11.1 Å². The molecule has 32 heavy (non-hydrogen) atoms. The number of allylic oxidation sites excluding steroid dienone is 1. The van der Waals surface area contributed by atoms with E-state index in [1.165, 1.54) is 0 Å². The van der Waals surface area contributed by atoms with Gasteiger partial charge in [-0.25, -0.2) is 4.79 Å². The van der Waals surface area contributed by atoms with Gasteiger partial charge in [0.15, 0.2) is 0 Å². The summed E-state index contributed by atoms with van der Waals surface area (Å²) in [5.41, 5.74) is 2.23. The molecule has 2 aromatic carbocycles. The number of likely N-dealkylation sites (tertiary alicyclic amines) is 1. The fraction of sp³-hybridized carbons (Fsp3) is 0.273. The van der Waals surface area contributed by atoms with Gasteiger partial charge in [0.1, 0.15) is 12.4 Å². The Hall–Kier alpha value is -2.78. The molecule has 1 aliphatic rings. The summed E-state index contributed by atoms with van der Waals surface area (Å²) < 4.78 is 5.95. The maximum Gasteiger partial charge on any atom is 0.323 e. The van der Waals surface area contributed by atoms with Crippen LogP contribution >= 0.6 is 23.2 Å². The van der Waals surface area contributed by atoms with Crippen molar-refractivity contribution in [1.29, 1.82) is 5.41 Å². The van der Waals surface area contributed by atoms with Gasteiger partial charge in [0.25, 0.3) is 0 Å². The van der Waals surface area contributed by atoms with Gasteiger partial charge < -0.3 is 31.2 Å². The second kappa shape index (κ2) is 11.2. The van der Waals surface area contributed by atoms with Gasteiger partial charge in [0.05, 0.1) is 16.8 Å². The lowest BCUT2D eigenvalue weighted by Crippen LogP contribution is -2.51. The van der Waals surface area contributed by atoms with E-state index in [2.05, 4.69) is 20.9 Å². The Morgan fingerprint density at radius 2 is 1.88 bits per heavy atom. The minimum absolute atomic E-state index is 0.200. The monoisotopic (exact) mass is 477 g/mol. The van der Waals surface area contributed by atoms with E-state index in [1.54, 1.807) is 49.5 Å². The molecule has 5 N–H and O–H groups in total. The topological polar surface area (TPSA) is 110 Å². The molecule has 0 radical (unpaired) electrons. The number of urea groups is 1. The number of hydrogen-bond donors (Lipinski definition) is 5. The minimum atomic E-state index is -0.420. The average molecular weight is 478 g/mol. The second-order valence-corrected chi connectivity index (χ2v) is 8.02. The molecular formula is C22H25Cl2N5O3. The molecule has 0 atom stereocenters. The molecule has 2 aromatic rings. The smallest absolute Gasteiger partial charge is 0.323 e. The SMILES string of the molecule is CN/C(=C(/Cl)C=N)c1cc(NC(=O)Nc2ccc(Cl)cc2)ccc1OCCN1CC(O)C1. The summed E-state index contributed by atoms with van der Waals surface area (Å²) in [6.07, 6.45) is 0.770. The normalized spacial score (nSPS) is 14.8. The number of β-amino-alcohol motifs (C(OH)–C–C–N with tert-alkyl or cyclic N) is 1. The first-order chi connectivity index (χ1) is 15.4. The highest BCUT2D eigenvalue weighted by molar-refractivity contribution is 6.42. The molecule has 10 heteroatoms. The quantitative estimate of drug-likeness (QED) is 0.352. The van der Waals surface area contributed by atoms with Gasteiger partial charge in [0.2, 0.25) is 0 Å². The number of ether oxygens (including phenoxy) is 1. The van der Waals surface area contributed by atoms with Gasteiger partial charge in [-0.1, -0.05) is 23.2 Å². The summed E-state index contributed by atoms with van der Waals surface area (Å²) in [5, 5.41) is 26.2. The molecule has 1 fully saturated rings. The highest BCUT2D eigenvalue weighted by atomic mass is 35.5. The number of carbonyl (C=O) groups is 1. The number of halogens is 2. The molecule has 1 aliphatic heterocycles. The second-order valence-electron chi connectivity index (χ2n) is 7.18. The number of rotatable bonds is 9. The Bertz CT molecular complexity index is 992. The fourth-order valence-electron chi connectivity index (χ4n) is 3.22. The van der Waals surface area contributed by atoms with E-state index in [9.17, 15) is 9.90 Å². The Labute approximate surface area is 196 Å². The predicted molar refractivity (Wildman–Crippen MR) is 129 cm³/mol. The van der Waals surface area contributed by atoms with Crippen LogP contribution in [0.25, 0.3) is 5.70 Å². The summed E-state index contributed by atoms with van der Waals surface area (Å²) in [4.78, 5) is 14.5. The van der Waals surface area contributed by atoms with Crippen molar-refractivity contribution in [3.05, 3.63) is 58.1 Å². The lowest BCUT2D eigenvalue weighted by molar-refractivity contribution is -0.00389. The molecule has 0 spiro atoms. The zero-order valence-electron chi connectivity index (χ0n) is 17.5. The van der Waals surface area contributed by atoms with Gasteiger partial charge in [-0.2, -0.15) is 0 Å². The Kier molecular flexibility index (Phi) is 8.35. The van der Waals surface area contributed by atoms with Crippen LogP contribution in [0.1, 0.15) is 5.56 Å². The van der Waals surface area contributed by atoms with Gasteiger partial charge >= 0.3 is 6.03 Å². The van der Waals surface area contributed by atoms with E-state index < -0.39 is 6.03 Å². The first-order valence-corrected chi connectivity index (χ1v) is 10.7. The summed E-state index contributed by atoms with van der Waals surface area (Å²) in [6.45, 7) is 2.38. The largest absolute Gasteiger partial charge is 0.492 e. The number of hydrogen-bond acceptors (Lipinski definition) is 6. The number of amides is 2. The third-order valence-electron chi connectivity index (χ3n) is 4.83. The number of aliphatic hydroxyl groups excluding tert-OH is 1. The molecule has 0 aromatic heterocycles. The summed E-state index contributed by atoms with van der Waals surface area (Å²) >= 11 is 12.1. The standard InChI is InChI=1S/C22H25Cl2N5O3/c1-26-21(19(24)11-25)18-10-16(28-22(31)27-15-4-2-14(23)3-5-15)6-7-20(18)32-9-8-29-12-17(30)13-29/h2-7,10-11,17,25-26,30H,8-9,12-13H2,1H3,(H2,27,28,31)/b21-19+,25-11?. The summed E-state index contributed by atoms with van der Waals surface area (Å²) in [5.74, 6) is 0.555. The third-order valence-corrected chi connectivity index (χ3v) is 5.38. The lowest BCUT2D eigenvalue weighted by atomic mass is 10.1. The van der Waals surface area contributed by atoms with Crippen molar-refractivity contribution >= 4 is 52.5 Å². The van der Waals surface area contributed by atoms with E-state index >= 15 is 0 Å². The van der Waals surface area contributed by atoms with Crippen LogP contribution in [0, 0.1) is 5.41 Å². The molecule has 1 heterocycles.